The van der Waals surface area contributed by atoms with Gasteiger partial charge in [0.15, 0.2) is 0 Å². The number of aliphatic hydroxyl groups is 1. The van der Waals surface area contributed by atoms with Crippen LogP contribution in [0.2, 0.25) is 0 Å². The molecule has 0 amide bonds. The van der Waals surface area contributed by atoms with E-state index < -0.39 is 0 Å². The quantitative estimate of drug-likeness (QED) is 0.677. The minimum Gasteiger partial charge on any atom is -0.395 e. The fraction of sp³-hybridized carbons (Fsp3) is 0.571. The Morgan fingerprint density at radius 2 is 2.00 bits per heavy atom. The van der Waals surface area contributed by atoms with E-state index in [0.717, 1.165) is 13.0 Å². The van der Waals surface area contributed by atoms with Gasteiger partial charge in [-0.3, -0.25) is 0 Å². The van der Waals surface area contributed by atoms with Gasteiger partial charge >= 0.3 is 0 Å². The van der Waals surface area contributed by atoms with Crippen LogP contribution in [0.4, 0.5) is 0 Å². The Labute approximate surface area is 104 Å². The van der Waals surface area contributed by atoms with Crippen LogP contribution < -0.4 is 5.32 Å². The summed E-state index contributed by atoms with van der Waals surface area (Å²) in [4.78, 5) is 0. The van der Waals surface area contributed by atoms with Gasteiger partial charge in [0.2, 0.25) is 0 Å². The van der Waals surface area contributed by atoms with Crippen LogP contribution >= 0.6 is 0 Å². The summed E-state index contributed by atoms with van der Waals surface area (Å²) in [5.41, 5.74) is 1.32. The highest BCUT2D eigenvalue weighted by Gasteiger charge is 2.12. The fourth-order valence-corrected chi connectivity index (χ4v) is 1.93. The first-order valence-corrected chi connectivity index (χ1v) is 6.16. The van der Waals surface area contributed by atoms with Crippen molar-refractivity contribution in [1.82, 2.24) is 5.32 Å². The lowest BCUT2D eigenvalue weighted by molar-refractivity contribution is 0.180. The molecule has 0 aliphatic heterocycles. The number of methoxy groups -OCH3 is 1. The van der Waals surface area contributed by atoms with E-state index in [-0.39, 0.29) is 12.6 Å². The lowest BCUT2D eigenvalue weighted by atomic mass is 9.94. The third-order valence-corrected chi connectivity index (χ3v) is 2.97. The van der Waals surface area contributed by atoms with Crippen LogP contribution in [0.15, 0.2) is 30.3 Å². The molecular formula is C14H23NO2. The van der Waals surface area contributed by atoms with Crippen LogP contribution in [-0.4, -0.2) is 38.0 Å². The molecule has 3 heteroatoms. The molecule has 1 aromatic rings. The fourth-order valence-electron chi connectivity index (χ4n) is 1.93. The Bertz CT molecular complexity index is 290. The van der Waals surface area contributed by atoms with Gasteiger partial charge in [0, 0.05) is 19.7 Å². The molecular weight excluding hydrogens is 214 g/mol. The molecule has 0 aliphatic rings. The average molecular weight is 237 g/mol. The van der Waals surface area contributed by atoms with E-state index in [9.17, 15) is 5.11 Å². The van der Waals surface area contributed by atoms with E-state index in [2.05, 4.69) is 36.5 Å². The maximum Gasteiger partial charge on any atom is 0.0587 e. The Morgan fingerprint density at radius 1 is 1.29 bits per heavy atom. The first-order valence-electron chi connectivity index (χ1n) is 6.16. The summed E-state index contributed by atoms with van der Waals surface area (Å²) < 4.78 is 4.98. The van der Waals surface area contributed by atoms with E-state index in [1.54, 1.807) is 7.11 Å². The van der Waals surface area contributed by atoms with Crippen molar-refractivity contribution in [2.24, 2.45) is 0 Å². The van der Waals surface area contributed by atoms with E-state index in [1.165, 1.54) is 5.56 Å². The van der Waals surface area contributed by atoms with Crippen LogP contribution in [0.5, 0.6) is 0 Å². The predicted octanol–water partition coefficient (Wildman–Crippen LogP) is 1.78. The van der Waals surface area contributed by atoms with Crippen molar-refractivity contribution in [3.63, 3.8) is 0 Å². The summed E-state index contributed by atoms with van der Waals surface area (Å²) in [7, 11) is 1.68. The monoisotopic (exact) mass is 237 g/mol. The van der Waals surface area contributed by atoms with Gasteiger partial charge in [-0.05, 0) is 17.9 Å². The van der Waals surface area contributed by atoms with E-state index >= 15 is 0 Å². The number of hydrogen-bond acceptors (Lipinski definition) is 3. The topological polar surface area (TPSA) is 41.5 Å². The zero-order chi connectivity index (χ0) is 12.5. The first kappa shape index (κ1) is 14.2. The molecule has 0 saturated heterocycles. The third-order valence-electron chi connectivity index (χ3n) is 2.97. The minimum absolute atomic E-state index is 0.139. The lowest BCUT2D eigenvalue weighted by Gasteiger charge is -2.20. The number of hydrogen-bond donors (Lipinski definition) is 2. The summed E-state index contributed by atoms with van der Waals surface area (Å²) in [5.74, 6) is 0.448. The van der Waals surface area contributed by atoms with Crippen LogP contribution in [-0.2, 0) is 4.74 Å². The van der Waals surface area contributed by atoms with Crippen LogP contribution in [0.1, 0.15) is 24.8 Å². The molecule has 1 aromatic carbocycles. The van der Waals surface area contributed by atoms with Crippen molar-refractivity contribution in [1.29, 1.82) is 0 Å². The zero-order valence-corrected chi connectivity index (χ0v) is 10.7. The SMILES string of the molecule is COCCNC(CO)CC(C)c1ccccc1. The molecule has 0 aliphatic carbocycles. The number of aliphatic hydroxyl groups excluding tert-OH is 1. The van der Waals surface area contributed by atoms with E-state index in [0.29, 0.717) is 12.5 Å². The molecule has 0 aromatic heterocycles. The zero-order valence-electron chi connectivity index (χ0n) is 10.7. The maximum atomic E-state index is 9.32. The van der Waals surface area contributed by atoms with Crippen molar-refractivity contribution in [3.05, 3.63) is 35.9 Å². The Morgan fingerprint density at radius 3 is 2.59 bits per heavy atom. The minimum atomic E-state index is 0.139. The highest BCUT2D eigenvalue weighted by molar-refractivity contribution is 5.18. The summed E-state index contributed by atoms with van der Waals surface area (Å²) in [6.45, 7) is 3.82. The Hall–Kier alpha value is -0.900. The molecule has 1 rings (SSSR count). The van der Waals surface area contributed by atoms with Gasteiger partial charge in [-0.25, -0.2) is 0 Å². The summed E-state index contributed by atoms with van der Waals surface area (Å²) in [6.07, 6.45) is 0.935. The van der Waals surface area contributed by atoms with Gasteiger partial charge in [0.25, 0.3) is 0 Å². The van der Waals surface area contributed by atoms with Crippen molar-refractivity contribution in [3.8, 4) is 0 Å². The summed E-state index contributed by atoms with van der Waals surface area (Å²) in [5, 5.41) is 12.6. The molecule has 2 unspecified atom stereocenters. The van der Waals surface area contributed by atoms with Gasteiger partial charge in [-0.1, -0.05) is 37.3 Å². The largest absolute Gasteiger partial charge is 0.395 e. The molecule has 2 atom stereocenters. The molecule has 0 bridgehead atoms. The third kappa shape index (κ3) is 5.31. The molecule has 0 saturated carbocycles. The lowest BCUT2D eigenvalue weighted by Crippen LogP contribution is -2.35. The maximum absolute atomic E-state index is 9.32. The molecule has 0 radical (unpaired) electrons. The van der Waals surface area contributed by atoms with Crippen molar-refractivity contribution in [2.45, 2.75) is 25.3 Å². The number of nitrogens with one attached hydrogen (secondary N) is 1. The molecule has 96 valence electrons. The molecule has 0 heterocycles. The van der Waals surface area contributed by atoms with E-state index in [1.807, 2.05) is 6.07 Å². The summed E-state index contributed by atoms with van der Waals surface area (Å²) in [6, 6.07) is 10.5. The van der Waals surface area contributed by atoms with Gasteiger partial charge in [-0.2, -0.15) is 0 Å². The van der Waals surface area contributed by atoms with Crippen LogP contribution in [0, 0.1) is 0 Å². The predicted molar refractivity (Wildman–Crippen MR) is 70.2 cm³/mol. The molecule has 0 spiro atoms. The van der Waals surface area contributed by atoms with Crippen molar-refractivity contribution in [2.75, 3.05) is 26.9 Å². The van der Waals surface area contributed by atoms with Crippen LogP contribution in [0.3, 0.4) is 0 Å². The smallest absolute Gasteiger partial charge is 0.0587 e. The second-order valence-electron chi connectivity index (χ2n) is 4.37. The highest BCUT2D eigenvalue weighted by atomic mass is 16.5. The number of benzene rings is 1. The Kier molecular flexibility index (Phi) is 6.86. The number of rotatable bonds is 8. The molecule has 3 nitrogen and oxygen atoms in total. The first-order chi connectivity index (χ1) is 8.27. The van der Waals surface area contributed by atoms with Crippen LogP contribution in [0.25, 0.3) is 0 Å². The van der Waals surface area contributed by atoms with Gasteiger partial charge in [0.1, 0.15) is 0 Å². The van der Waals surface area contributed by atoms with Crippen molar-refractivity contribution >= 4 is 0 Å². The Balaban J connectivity index is 2.39. The van der Waals surface area contributed by atoms with Gasteiger partial charge < -0.3 is 15.2 Å². The molecule has 2 N–H and O–H groups in total. The molecule has 17 heavy (non-hydrogen) atoms. The van der Waals surface area contributed by atoms with Gasteiger partial charge in [0.05, 0.1) is 13.2 Å². The standard InChI is InChI=1S/C14H23NO2/c1-12(13-6-4-3-5-7-13)10-14(11-16)15-8-9-17-2/h3-7,12,14-16H,8-11H2,1-2H3. The van der Waals surface area contributed by atoms with Gasteiger partial charge in [-0.15, -0.1) is 0 Å². The second-order valence-corrected chi connectivity index (χ2v) is 4.37. The van der Waals surface area contributed by atoms with Crippen molar-refractivity contribution < 1.29 is 9.84 Å². The second kappa shape index (κ2) is 8.23. The normalized spacial score (nSPS) is 14.5. The summed E-state index contributed by atoms with van der Waals surface area (Å²) >= 11 is 0. The number of ether oxygens (including phenoxy) is 1. The van der Waals surface area contributed by atoms with E-state index in [4.69, 9.17) is 4.74 Å². The molecule has 0 fully saturated rings. The highest BCUT2D eigenvalue weighted by Crippen LogP contribution is 2.19. The average Bonchev–Trinajstić information content (AvgIpc) is 2.38.